The molecule has 2 nitrogen and oxygen atoms in total. The summed E-state index contributed by atoms with van der Waals surface area (Å²) in [5.74, 6) is -4.49. The summed E-state index contributed by atoms with van der Waals surface area (Å²) in [6, 6.07) is 1.41. The highest BCUT2D eigenvalue weighted by molar-refractivity contribution is 9.09. The van der Waals surface area contributed by atoms with Gasteiger partial charge in [-0.2, -0.15) is 0 Å². The molecule has 1 fully saturated rings. The Bertz CT molecular complexity index is 472. The summed E-state index contributed by atoms with van der Waals surface area (Å²) in [6.07, 6.45) is 3.02. The first-order valence-electron chi connectivity index (χ1n) is 6.04. The number of alkyl halides is 1. The van der Waals surface area contributed by atoms with Gasteiger partial charge in [-0.3, -0.25) is 4.79 Å². The third-order valence-corrected chi connectivity index (χ3v) is 4.11. The highest BCUT2D eigenvalue weighted by atomic mass is 79.9. The molecule has 0 heterocycles. The minimum absolute atomic E-state index is 0.204. The monoisotopic (exact) mass is 335 g/mol. The van der Waals surface area contributed by atoms with Gasteiger partial charge in [0.2, 0.25) is 0 Å². The minimum atomic E-state index is -1.56. The van der Waals surface area contributed by atoms with Gasteiger partial charge in [0.15, 0.2) is 17.5 Å². The molecule has 0 aromatic heterocycles. The molecule has 1 aromatic rings. The smallest absolute Gasteiger partial charge is 0.251 e. The molecule has 1 N–H and O–H groups in total. The van der Waals surface area contributed by atoms with E-state index in [-0.39, 0.29) is 5.56 Å². The molecule has 2 rings (SSSR count). The van der Waals surface area contributed by atoms with Crippen molar-refractivity contribution in [3.05, 3.63) is 35.1 Å². The summed E-state index contributed by atoms with van der Waals surface area (Å²) in [5, 5.41) is 2.62. The van der Waals surface area contributed by atoms with Crippen molar-refractivity contribution in [3.8, 4) is 0 Å². The number of halogens is 4. The first kappa shape index (κ1) is 14.4. The predicted octanol–water partition coefficient (Wildman–Crippen LogP) is 3.40. The van der Waals surface area contributed by atoms with E-state index in [2.05, 4.69) is 21.2 Å². The van der Waals surface area contributed by atoms with Crippen LogP contribution in [0.3, 0.4) is 0 Å². The van der Waals surface area contributed by atoms with Crippen LogP contribution >= 0.6 is 15.9 Å². The summed E-state index contributed by atoms with van der Waals surface area (Å²) in [6.45, 7) is 0.460. The molecule has 0 spiro atoms. The molecule has 0 aliphatic heterocycles. The van der Waals surface area contributed by atoms with E-state index in [4.69, 9.17) is 0 Å². The summed E-state index contributed by atoms with van der Waals surface area (Å²) in [4.78, 5) is 12.2. The Morgan fingerprint density at radius 3 is 2.42 bits per heavy atom. The van der Waals surface area contributed by atoms with Crippen molar-refractivity contribution < 1.29 is 18.0 Å². The molecule has 1 aliphatic rings. The fourth-order valence-electron chi connectivity index (χ4n) is 2.23. The van der Waals surface area contributed by atoms with Gasteiger partial charge in [-0.15, -0.1) is 0 Å². The Balaban J connectivity index is 1.96. The first-order chi connectivity index (χ1) is 8.97. The van der Waals surface area contributed by atoms with E-state index in [0.29, 0.717) is 29.4 Å². The van der Waals surface area contributed by atoms with E-state index in [1.807, 2.05) is 0 Å². The maximum atomic E-state index is 13.0. The number of hydrogen-bond donors (Lipinski definition) is 1. The minimum Gasteiger partial charge on any atom is -0.352 e. The van der Waals surface area contributed by atoms with Crippen molar-refractivity contribution >= 4 is 21.8 Å². The third kappa shape index (κ3) is 3.49. The second kappa shape index (κ2) is 5.94. The average molecular weight is 336 g/mol. The molecule has 0 bridgehead atoms. The number of carbonyl (C=O) groups excluding carboxylic acids is 1. The van der Waals surface area contributed by atoms with Crippen LogP contribution in [0.15, 0.2) is 12.1 Å². The van der Waals surface area contributed by atoms with Gasteiger partial charge in [0, 0.05) is 16.9 Å². The number of carbonyl (C=O) groups is 1. The van der Waals surface area contributed by atoms with Crippen LogP contribution in [0.1, 0.15) is 29.6 Å². The number of rotatable bonds is 3. The number of benzene rings is 1. The molecule has 6 heteroatoms. The third-order valence-electron chi connectivity index (χ3n) is 3.27. The maximum Gasteiger partial charge on any atom is 0.251 e. The highest BCUT2D eigenvalue weighted by Gasteiger charge is 2.23. The van der Waals surface area contributed by atoms with Gasteiger partial charge < -0.3 is 5.32 Å². The molecule has 104 valence electrons. The molecule has 2 atom stereocenters. The zero-order valence-electron chi connectivity index (χ0n) is 10.1. The molecular weight excluding hydrogens is 323 g/mol. The van der Waals surface area contributed by atoms with Crippen molar-refractivity contribution in [2.45, 2.75) is 24.1 Å². The molecule has 0 saturated heterocycles. The Kier molecular flexibility index (Phi) is 4.50. The van der Waals surface area contributed by atoms with E-state index >= 15 is 0 Å². The average Bonchev–Trinajstić information content (AvgIpc) is 2.78. The predicted molar refractivity (Wildman–Crippen MR) is 68.7 cm³/mol. The van der Waals surface area contributed by atoms with Crippen LogP contribution in [0.2, 0.25) is 0 Å². The van der Waals surface area contributed by atoms with E-state index in [1.165, 1.54) is 0 Å². The van der Waals surface area contributed by atoms with E-state index < -0.39 is 23.4 Å². The number of nitrogens with one attached hydrogen (secondary N) is 1. The molecule has 1 aromatic carbocycles. The quantitative estimate of drug-likeness (QED) is 0.665. The molecular formula is C13H13BrF3NO. The maximum absolute atomic E-state index is 13.0. The molecule has 0 radical (unpaired) electrons. The molecule has 1 saturated carbocycles. The van der Waals surface area contributed by atoms with Gasteiger partial charge in [0.05, 0.1) is 0 Å². The lowest BCUT2D eigenvalue weighted by Crippen LogP contribution is -2.28. The van der Waals surface area contributed by atoms with Gasteiger partial charge in [-0.05, 0) is 37.3 Å². The summed E-state index contributed by atoms with van der Waals surface area (Å²) in [5.41, 5.74) is -0.204. The van der Waals surface area contributed by atoms with E-state index in [1.54, 1.807) is 0 Å². The number of amides is 1. The van der Waals surface area contributed by atoms with Gasteiger partial charge in [-0.1, -0.05) is 15.9 Å². The van der Waals surface area contributed by atoms with E-state index in [0.717, 1.165) is 19.3 Å². The van der Waals surface area contributed by atoms with Crippen molar-refractivity contribution in [2.75, 3.05) is 6.54 Å². The van der Waals surface area contributed by atoms with E-state index in [9.17, 15) is 18.0 Å². The van der Waals surface area contributed by atoms with Crippen LogP contribution in [0.25, 0.3) is 0 Å². The highest BCUT2D eigenvalue weighted by Crippen LogP contribution is 2.30. The Morgan fingerprint density at radius 2 is 1.89 bits per heavy atom. The summed E-state index contributed by atoms with van der Waals surface area (Å²) >= 11 is 3.50. The largest absolute Gasteiger partial charge is 0.352 e. The lowest BCUT2D eigenvalue weighted by Gasteiger charge is -2.11. The van der Waals surface area contributed by atoms with Gasteiger partial charge in [-0.25, -0.2) is 13.2 Å². The van der Waals surface area contributed by atoms with Crippen molar-refractivity contribution in [1.82, 2.24) is 5.32 Å². The Labute approximate surface area is 117 Å². The van der Waals surface area contributed by atoms with Crippen LogP contribution < -0.4 is 5.32 Å². The van der Waals surface area contributed by atoms with Crippen LogP contribution in [0.4, 0.5) is 13.2 Å². The first-order valence-corrected chi connectivity index (χ1v) is 6.95. The molecule has 1 aliphatic carbocycles. The second-order valence-electron chi connectivity index (χ2n) is 4.74. The summed E-state index contributed by atoms with van der Waals surface area (Å²) in [7, 11) is 0. The van der Waals surface area contributed by atoms with Crippen molar-refractivity contribution in [1.29, 1.82) is 0 Å². The second-order valence-corrected chi connectivity index (χ2v) is 6.04. The molecule has 1 amide bonds. The van der Waals surface area contributed by atoms with Gasteiger partial charge in [0.1, 0.15) is 0 Å². The SMILES string of the molecule is O=C(NCC1CCC(Br)C1)c1cc(F)c(F)c(F)c1. The van der Waals surface area contributed by atoms with Gasteiger partial charge in [0.25, 0.3) is 5.91 Å². The van der Waals surface area contributed by atoms with Crippen LogP contribution in [0.5, 0.6) is 0 Å². The van der Waals surface area contributed by atoms with Crippen molar-refractivity contribution in [3.63, 3.8) is 0 Å². The standard InChI is InChI=1S/C13H13BrF3NO/c14-9-2-1-7(3-9)6-18-13(19)8-4-10(15)12(17)11(16)5-8/h4-5,7,9H,1-3,6H2,(H,18,19). The van der Waals surface area contributed by atoms with Crippen LogP contribution in [-0.2, 0) is 0 Å². The zero-order valence-corrected chi connectivity index (χ0v) is 11.6. The fraction of sp³-hybridized carbons (Fsp3) is 0.462. The van der Waals surface area contributed by atoms with Gasteiger partial charge >= 0.3 is 0 Å². The lowest BCUT2D eigenvalue weighted by atomic mass is 10.1. The Hall–Kier alpha value is -1.04. The fourth-order valence-corrected chi connectivity index (χ4v) is 3.02. The molecule has 19 heavy (non-hydrogen) atoms. The normalized spacial score (nSPS) is 22.5. The topological polar surface area (TPSA) is 29.1 Å². The Morgan fingerprint density at radius 1 is 1.26 bits per heavy atom. The lowest BCUT2D eigenvalue weighted by molar-refractivity contribution is 0.0946. The van der Waals surface area contributed by atoms with Crippen LogP contribution in [-0.4, -0.2) is 17.3 Å². The van der Waals surface area contributed by atoms with Crippen molar-refractivity contribution in [2.24, 2.45) is 5.92 Å². The zero-order chi connectivity index (χ0) is 14.0. The number of hydrogen-bond acceptors (Lipinski definition) is 1. The summed E-state index contributed by atoms with van der Waals surface area (Å²) < 4.78 is 38.7. The molecule has 2 unspecified atom stereocenters. The van der Waals surface area contributed by atoms with Crippen LogP contribution in [0, 0.1) is 23.4 Å².